The number of rotatable bonds is 3. The highest BCUT2D eigenvalue weighted by molar-refractivity contribution is 7.16. The summed E-state index contributed by atoms with van der Waals surface area (Å²) in [4.78, 5) is 27.2. The van der Waals surface area contributed by atoms with Gasteiger partial charge in [0.2, 0.25) is 0 Å². The Kier molecular flexibility index (Phi) is 4.21. The van der Waals surface area contributed by atoms with Crippen molar-refractivity contribution in [1.29, 1.82) is 0 Å². The lowest BCUT2D eigenvalue weighted by molar-refractivity contribution is -0.141. The number of ether oxygens (including phenoxy) is 1. The topological polar surface area (TPSA) is 85.2 Å². The van der Waals surface area contributed by atoms with E-state index in [1.54, 1.807) is 17.1 Å². The molecule has 0 radical (unpaired) electrons. The third kappa shape index (κ3) is 3.63. The summed E-state index contributed by atoms with van der Waals surface area (Å²) in [6.07, 6.45) is -1.97. The van der Waals surface area contributed by atoms with E-state index in [-0.39, 0.29) is 5.69 Å². The van der Waals surface area contributed by atoms with Gasteiger partial charge in [-0.3, -0.25) is 0 Å². The summed E-state index contributed by atoms with van der Waals surface area (Å²) in [6.45, 7) is 0. The average Bonchev–Trinajstić information content (AvgIpc) is 2.91. The first-order valence-electron chi connectivity index (χ1n) is 6.74. The summed E-state index contributed by atoms with van der Waals surface area (Å²) >= 11 is 0.870. The lowest BCUT2D eigenvalue weighted by atomic mass is 10.1. The maximum absolute atomic E-state index is 12.7. The standard InChI is InChI=1S/C15H9F3N2O4S/c1-23-9-4-7(5-10-12(9)24-14(22)25-10)2-3-8-6-11(15(16,17)18)20-13(21)19-8/h2-6H,1H3,(H,19,20,21)/b3-2+. The molecule has 2 aromatic heterocycles. The summed E-state index contributed by atoms with van der Waals surface area (Å²) in [5.74, 6) is 0.311. The fourth-order valence-corrected chi connectivity index (χ4v) is 2.85. The quantitative estimate of drug-likeness (QED) is 0.766. The van der Waals surface area contributed by atoms with Gasteiger partial charge in [0.1, 0.15) is 5.69 Å². The van der Waals surface area contributed by atoms with Crippen LogP contribution in [0.1, 0.15) is 17.0 Å². The molecular formula is C15H9F3N2O4S. The second kappa shape index (κ2) is 6.20. The number of H-pyrrole nitrogens is 1. The average molecular weight is 370 g/mol. The van der Waals surface area contributed by atoms with E-state index in [1.165, 1.54) is 19.3 Å². The van der Waals surface area contributed by atoms with Gasteiger partial charge in [-0.2, -0.15) is 18.2 Å². The molecule has 130 valence electrons. The van der Waals surface area contributed by atoms with Gasteiger partial charge in [-0.15, -0.1) is 0 Å². The lowest BCUT2D eigenvalue weighted by Gasteiger charge is -2.06. The van der Waals surface area contributed by atoms with Crippen molar-refractivity contribution in [3.8, 4) is 5.75 Å². The molecule has 10 heteroatoms. The van der Waals surface area contributed by atoms with E-state index in [1.807, 2.05) is 0 Å². The van der Waals surface area contributed by atoms with Gasteiger partial charge in [0.15, 0.2) is 11.3 Å². The van der Waals surface area contributed by atoms with E-state index in [2.05, 4.69) is 4.98 Å². The Morgan fingerprint density at radius 1 is 1.24 bits per heavy atom. The molecule has 3 aromatic rings. The molecule has 0 saturated carbocycles. The Labute approximate surface area is 141 Å². The number of benzene rings is 1. The minimum absolute atomic E-state index is 0.157. The number of nitrogens with one attached hydrogen (secondary N) is 1. The molecule has 25 heavy (non-hydrogen) atoms. The fourth-order valence-electron chi connectivity index (χ4n) is 2.11. The van der Waals surface area contributed by atoms with Gasteiger partial charge in [-0.25, -0.2) is 9.59 Å². The predicted octanol–water partition coefficient (Wildman–Crippen LogP) is 3.14. The number of alkyl halides is 3. The van der Waals surface area contributed by atoms with Crippen molar-refractivity contribution in [2.75, 3.05) is 7.11 Å². The van der Waals surface area contributed by atoms with Crippen molar-refractivity contribution < 1.29 is 22.3 Å². The van der Waals surface area contributed by atoms with Crippen molar-refractivity contribution in [2.24, 2.45) is 0 Å². The van der Waals surface area contributed by atoms with E-state index in [4.69, 9.17) is 9.15 Å². The van der Waals surface area contributed by atoms with Crippen LogP contribution in [0.5, 0.6) is 5.75 Å². The normalized spacial score (nSPS) is 12.2. The van der Waals surface area contributed by atoms with Crippen molar-refractivity contribution in [1.82, 2.24) is 9.97 Å². The zero-order chi connectivity index (χ0) is 18.2. The summed E-state index contributed by atoms with van der Waals surface area (Å²) < 4.78 is 48.8. The molecule has 0 bridgehead atoms. The predicted molar refractivity (Wildman–Crippen MR) is 85.7 cm³/mol. The second-order valence-electron chi connectivity index (χ2n) is 4.86. The molecule has 0 spiro atoms. The third-order valence-corrected chi connectivity index (χ3v) is 3.93. The van der Waals surface area contributed by atoms with E-state index in [9.17, 15) is 22.8 Å². The van der Waals surface area contributed by atoms with Crippen LogP contribution in [0, 0.1) is 0 Å². The Hall–Kier alpha value is -2.88. The van der Waals surface area contributed by atoms with Gasteiger partial charge in [-0.05, 0) is 29.8 Å². The number of hydrogen-bond donors (Lipinski definition) is 1. The van der Waals surface area contributed by atoms with Crippen molar-refractivity contribution in [2.45, 2.75) is 6.18 Å². The number of aromatic nitrogens is 2. The van der Waals surface area contributed by atoms with Crippen molar-refractivity contribution in [3.05, 3.63) is 55.4 Å². The van der Waals surface area contributed by atoms with Gasteiger partial charge in [0.25, 0.3) is 0 Å². The van der Waals surface area contributed by atoms with Gasteiger partial charge in [-0.1, -0.05) is 17.4 Å². The van der Waals surface area contributed by atoms with Crippen LogP contribution < -0.4 is 15.4 Å². The first-order chi connectivity index (χ1) is 11.8. The minimum atomic E-state index is -4.68. The first-order valence-corrected chi connectivity index (χ1v) is 7.56. The molecule has 0 aliphatic carbocycles. The smallest absolute Gasteiger partial charge is 0.431 e. The van der Waals surface area contributed by atoms with Crippen LogP contribution in [-0.2, 0) is 6.18 Å². The number of aromatic amines is 1. The largest absolute Gasteiger partial charge is 0.493 e. The van der Waals surface area contributed by atoms with Crippen LogP contribution in [0.4, 0.5) is 13.2 Å². The van der Waals surface area contributed by atoms with Gasteiger partial charge < -0.3 is 14.1 Å². The molecule has 0 unspecified atom stereocenters. The zero-order valence-electron chi connectivity index (χ0n) is 12.5. The van der Waals surface area contributed by atoms with Gasteiger partial charge >= 0.3 is 16.8 Å². The molecular weight excluding hydrogens is 361 g/mol. The van der Waals surface area contributed by atoms with E-state index in [0.717, 1.165) is 17.4 Å². The highest BCUT2D eigenvalue weighted by atomic mass is 32.1. The summed E-state index contributed by atoms with van der Waals surface area (Å²) in [5.41, 5.74) is -1.61. The molecule has 2 heterocycles. The Balaban J connectivity index is 2.02. The van der Waals surface area contributed by atoms with Crippen LogP contribution >= 0.6 is 11.3 Å². The molecule has 6 nitrogen and oxygen atoms in total. The van der Waals surface area contributed by atoms with Gasteiger partial charge in [0, 0.05) is 0 Å². The highest BCUT2D eigenvalue weighted by Crippen LogP contribution is 2.30. The molecule has 3 rings (SSSR count). The Bertz CT molecular complexity index is 1080. The summed E-state index contributed by atoms with van der Waals surface area (Å²) in [5, 5.41) is 0. The minimum Gasteiger partial charge on any atom is -0.493 e. The number of fused-ring (bicyclic) bond motifs is 1. The summed E-state index contributed by atoms with van der Waals surface area (Å²) in [7, 11) is 1.40. The SMILES string of the molecule is COc1cc(/C=C/c2cc(C(F)(F)F)[nH]c(=O)n2)cc2sc(=O)oc12. The van der Waals surface area contributed by atoms with Crippen LogP contribution in [-0.4, -0.2) is 17.1 Å². The maximum atomic E-state index is 12.7. The molecule has 0 saturated heterocycles. The first kappa shape index (κ1) is 17.0. The molecule has 0 aliphatic heterocycles. The molecule has 0 aliphatic rings. The zero-order valence-corrected chi connectivity index (χ0v) is 13.3. The van der Waals surface area contributed by atoms with Crippen molar-refractivity contribution in [3.63, 3.8) is 0 Å². The third-order valence-electron chi connectivity index (χ3n) is 3.16. The number of nitrogens with zero attached hydrogens (tertiary/aromatic N) is 1. The van der Waals surface area contributed by atoms with Crippen LogP contribution in [0.2, 0.25) is 0 Å². The highest BCUT2D eigenvalue weighted by Gasteiger charge is 2.32. The van der Waals surface area contributed by atoms with E-state index in [0.29, 0.717) is 21.6 Å². The second-order valence-corrected chi connectivity index (χ2v) is 5.84. The molecule has 1 N–H and O–H groups in total. The molecule has 1 aromatic carbocycles. The monoisotopic (exact) mass is 370 g/mol. The maximum Gasteiger partial charge on any atom is 0.431 e. The van der Waals surface area contributed by atoms with Crippen LogP contribution in [0.25, 0.3) is 22.4 Å². The van der Waals surface area contributed by atoms with Crippen molar-refractivity contribution >= 4 is 33.8 Å². The Morgan fingerprint density at radius 3 is 2.68 bits per heavy atom. The number of halogens is 3. The lowest BCUT2D eigenvalue weighted by Crippen LogP contribution is -2.19. The number of hydrogen-bond acceptors (Lipinski definition) is 6. The fraction of sp³-hybridized carbons (Fsp3) is 0.133. The van der Waals surface area contributed by atoms with E-state index < -0.39 is 22.5 Å². The van der Waals surface area contributed by atoms with E-state index >= 15 is 0 Å². The summed E-state index contributed by atoms with van der Waals surface area (Å²) in [6, 6.07) is 3.89. The van der Waals surface area contributed by atoms with Crippen LogP contribution in [0.3, 0.4) is 0 Å². The van der Waals surface area contributed by atoms with Gasteiger partial charge in [0.05, 0.1) is 17.5 Å². The number of methoxy groups -OCH3 is 1. The molecule has 0 fully saturated rings. The molecule has 0 atom stereocenters. The van der Waals surface area contributed by atoms with Crippen LogP contribution in [0.15, 0.2) is 32.2 Å². The molecule has 0 amide bonds. The Morgan fingerprint density at radius 2 is 2.00 bits per heavy atom.